The molecule has 0 aliphatic heterocycles. The first kappa shape index (κ1) is 24.4. The molecule has 0 radical (unpaired) electrons. The Labute approximate surface area is 199 Å². The van der Waals surface area contributed by atoms with Crippen molar-refractivity contribution in [1.82, 2.24) is 14.6 Å². The molecule has 2 aromatic heterocycles. The zero-order chi connectivity index (χ0) is 25.4. The van der Waals surface area contributed by atoms with Crippen LogP contribution in [0.15, 0.2) is 60.8 Å². The highest BCUT2D eigenvalue weighted by Gasteiger charge is 2.40. The number of alkyl halides is 3. The Morgan fingerprint density at radius 2 is 1.80 bits per heavy atom. The standard InChI is InChI=1S/C26H23F4N3O2/c1-4-35-24(34)25(3,15-17-6-5-7-20(27)14-17)21-12-13-31-23-22(16(2)32-33(21)23)18-8-10-19(11-9-18)26(28,29)30/h5-14H,4,15H2,1-3H3. The number of nitrogens with zero attached hydrogens (tertiary/aromatic N) is 3. The lowest BCUT2D eigenvalue weighted by Gasteiger charge is -2.28. The van der Waals surface area contributed by atoms with Crippen LogP contribution in [0.3, 0.4) is 0 Å². The fourth-order valence-electron chi connectivity index (χ4n) is 4.25. The minimum Gasteiger partial charge on any atom is -0.465 e. The van der Waals surface area contributed by atoms with E-state index in [4.69, 9.17) is 4.74 Å². The van der Waals surface area contributed by atoms with Gasteiger partial charge in [0.2, 0.25) is 0 Å². The van der Waals surface area contributed by atoms with Gasteiger partial charge in [0.1, 0.15) is 11.2 Å². The van der Waals surface area contributed by atoms with Crippen LogP contribution in [-0.2, 0) is 27.5 Å². The Kier molecular flexibility index (Phi) is 6.36. The molecule has 0 bridgehead atoms. The van der Waals surface area contributed by atoms with Gasteiger partial charge in [0, 0.05) is 11.8 Å². The summed E-state index contributed by atoms with van der Waals surface area (Å²) < 4.78 is 59.8. The van der Waals surface area contributed by atoms with Crippen molar-refractivity contribution in [2.75, 3.05) is 6.61 Å². The van der Waals surface area contributed by atoms with Crippen LogP contribution in [-0.4, -0.2) is 27.2 Å². The molecule has 0 saturated heterocycles. The van der Waals surface area contributed by atoms with Gasteiger partial charge in [-0.25, -0.2) is 13.9 Å². The van der Waals surface area contributed by atoms with Gasteiger partial charge in [0.15, 0.2) is 5.65 Å². The van der Waals surface area contributed by atoms with Crippen molar-refractivity contribution in [2.24, 2.45) is 0 Å². The molecule has 0 saturated carbocycles. The highest BCUT2D eigenvalue weighted by atomic mass is 19.4. The van der Waals surface area contributed by atoms with Crippen molar-refractivity contribution in [3.05, 3.63) is 89.1 Å². The van der Waals surface area contributed by atoms with Gasteiger partial charge in [-0.15, -0.1) is 0 Å². The average molecular weight is 485 g/mol. The van der Waals surface area contributed by atoms with E-state index in [0.29, 0.717) is 33.7 Å². The van der Waals surface area contributed by atoms with Crippen molar-refractivity contribution in [3.8, 4) is 11.1 Å². The summed E-state index contributed by atoms with van der Waals surface area (Å²) in [6, 6.07) is 12.4. The number of hydrogen-bond donors (Lipinski definition) is 0. The van der Waals surface area contributed by atoms with E-state index in [2.05, 4.69) is 10.1 Å². The van der Waals surface area contributed by atoms with Gasteiger partial charge >= 0.3 is 12.1 Å². The summed E-state index contributed by atoms with van der Waals surface area (Å²) >= 11 is 0. The van der Waals surface area contributed by atoms with Crippen LogP contribution in [0.2, 0.25) is 0 Å². The second-order valence-corrected chi connectivity index (χ2v) is 8.46. The third-order valence-electron chi connectivity index (χ3n) is 5.93. The number of fused-ring (bicyclic) bond motifs is 1. The third kappa shape index (κ3) is 4.62. The zero-order valence-corrected chi connectivity index (χ0v) is 19.4. The Hall–Kier alpha value is -3.75. The number of ether oxygens (including phenoxy) is 1. The predicted molar refractivity (Wildman–Crippen MR) is 122 cm³/mol. The molecule has 35 heavy (non-hydrogen) atoms. The van der Waals surface area contributed by atoms with Crippen LogP contribution in [0.4, 0.5) is 17.6 Å². The Morgan fingerprint density at radius 3 is 2.43 bits per heavy atom. The van der Waals surface area contributed by atoms with Crippen molar-refractivity contribution in [3.63, 3.8) is 0 Å². The van der Waals surface area contributed by atoms with Gasteiger partial charge in [-0.2, -0.15) is 18.3 Å². The number of rotatable bonds is 6. The summed E-state index contributed by atoms with van der Waals surface area (Å²) in [4.78, 5) is 17.6. The van der Waals surface area contributed by atoms with E-state index >= 15 is 0 Å². The normalized spacial score (nSPS) is 13.6. The number of carbonyl (C=O) groups is 1. The highest BCUT2D eigenvalue weighted by molar-refractivity contribution is 5.84. The van der Waals surface area contributed by atoms with Crippen molar-refractivity contribution in [2.45, 2.75) is 38.8 Å². The van der Waals surface area contributed by atoms with Crippen LogP contribution >= 0.6 is 0 Å². The van der Waals surface area contributed by atoms with E-state index in [1.165, 1.54) is 35.0 Å². The summed E-state index contributed by atoms with van der Waals surface area (Å²) in [7, 11) is 0. The maximum atomic E-state index is 13.9. The number of halogens is 4. The molecular weight excluding hydrogens is 462 g/mol. The minimum absolute atomic E-state index is 0.136. The van der Waals surface area contributed by atoms with Gasteiger partial charge in [0.05, 0.1) is 23.6 Å². The van der Waals surface area contributed by atoms with Gasteiger partial charge in [-0.05, 0) is 68.7 Å². The van der Waals surface area contributed by atoms with Crippen LogP contribution in [0, 0.1) is 12.7 Å². The van der Waals surface area contributed by atoms with Crippen molar-refractivity contribution >= 4 is 11.6 Å². The lowest BCUT2D eigenvalue weighted by molar-refractivity contribution is -0.149. The number of aromatic nitrogens is 3. The molecule has 1 atom stereocenters. The molecule has 0 aliphatic carbocycles. The van der Waals surface area contributed by atoms with Crippen LogP contribution in [0.1, 0.15) is 36.4 Å². The molecule has 0 fully saturated rings. The first-order valence-corrected chi connectivity index (χ1v) is 11.0. The molecular formula is C26H23F4N3O2. The topological polar surface area (TPSA) is 56.5 Å². The fourth-order valence-corrected chi connectivity index (χ4v) is 4.25. The van der Waals surface area contributed by atoms with Crippen molar-refractivity contribution in [1.29, 1.82) is 0 Å². The molecule has 0 N–H and O–H groups in total. The monoisotopic (exact) mass is 485 g/mol. The number of carbonyl (C=O) groups excluding carboxylic acids is 1. The third-order valence-corrected chi connectivity index (χ3v) is 5.93. The Balaban J connectivity index is 1.87. The van der Waals surface area contributed by atoms with Crippen molar-refractivity contribution < 1.29 is 27.1 Å². The first-order valence-electron chi connectivity index (χ1n) is 11.0. The highest BCUT2D eigenvalue weighted by Crippen LogP contribution is 2.35. The summed E-state index contributed by atoms with van der Waals surface area (Å²) in [6.45, 7) is 5.27. The molecule has 2 heterocycles. The predicted octanol–water partition coefficient (Wildman–Crippen LogP) is 5.93. The quantitative estimate of drug-likeness (QED) is 0.251. The maximum Gasteiger partial charge on any atom is 0.416 e. The lowest BCUT2D eigenvalue weighted by Crippen LogP contribution is -2.38. The minimum atomic E-state index is -4.45. The SMILES string of the molecule is CCOC(=O)C(C)(Cc1cccc(F)c1)c1ccnc2c(-c3ccc(C(F)(F)F)cc3)c(C)nn12. The fraction of sp³-hybridized carbons (Fsp3) is 0.269. The van der Waals surface area contributed by atoms with Crippen LogP contribution < -0.4 is 0 Å². The van der Waals surface area contributed by atoms with Gasteiger partial charge in [-0.3, -0.25) is 4.79 Å². The second-order valence-electron chi connectivity index (χ2n) is 8.46. The second kappa shape index (κ2) is 9.13. The van der Waals surface area contributed by atoms with Crippen LogP contribution in [0.5, 0.6) is 0 Å². The summed E-state index contributed by atoms with van der Waals surface area (Å²) in [5.74, 6) is -0.936. The Bertz CT molecular complexity index is 1380. The largest absolute Gasteiger partial charge is 0.465 e. The molecule has 0 aliphatic rings. The van der Waals surface area contributed by atoms with E-state index in [1.807, 2.05) is 0 Å². The first-order chi connectivity index (χ1) is 16.5. The molecule has 182 valence electrons. The molecule has 0 amide bonds. The van der Waals surface area contributed by atoms with Gasteiger partial charge in [-0.1, -0.05) is 24.3 Å². The van der Waals surface area contributed by atoms with Crippen LogP contribution in [0.25, 0.3) is 16.8 Å². The van der Waals surface area contributed by atoms with E-state index in [9.17, 15) is 22.4 Å². The number of benzene rings is 2. The lowest BCUT2D eigenvalue weighted by atomic mass is 9.80. The zero-order valence-electron chi connectivity index (χ0n) is 19.4. The van der Waals surface area contributed by atoms with Gasteiger partial charge in [0.25, 0.3) is 0 Å². The summed E-state index contributed by atoms with van der Waals surface area (Å²) in [5, 5.41) is 4.58. The molecule has 4 aromatic rings. The molecule has 9 heteroatoms. The Morgan fingerprint density at radius 1 is 1.09 bits per heavy atom. The van der Waals surface area contributed by atoms with E-state index < -0.39 is 28.9 Å². The summed E-state index contributed by atoms with van der Waals surface area (Å²) in [5.41, 5.74) is 1.03. The molecule has 4 rings (SSSR count). The van der Waals surface area contributed by atoms with E-state index in [1.54, 1.807) is 39.0 Å². The number of aryl methyl sites for hydroxylation is 1. The number of hydrogen-bond acceptors (Lipinski definition) is 4. The van der Waals surface area contributed by atoms with E-state index in [0.717, 1.165) is 12.1 Å². The van der Waals surface area contributed by atoms with Gasteiger partial charge < -0.3 is 4.74 Å². The molecule has 5 nitrogen and oxygen atoms in total. The molecule has 0 spiro atoms. The average Bonchev–Trinajstić information content (AvgIpc) is 3.14. The number of esters is 1. The molecule has 2 aromatic carbocycles. The smallest absolute Gasteiger partial charge is 0.416 e. The van der Waals surface area contributed by atoms with E-state index in [-0.39, 0.29) is 13.0 Å². The molecule has 1 unspecified atom stereocenters. The maximum absolute atomic E-state index is 13.9. The summed E-state index contributed by atoms with van der Waals surface area (Å²) in [6.07, 6.45) is -2.79.